The number of hydrogen-bond acceptors (Lipinski definition) is 3. The summed E-state index contributed by atoms with van der Waals surface area (Å²) in [5.41, 5.74) is 7.84. The Morgan fingerprint density at radius 2 is 1.90 bits per heavy atom. The average molecular weight is 296 g/mol. The van der Waals surface area contributed by atoms with Crippen LogP contribution in [0.3, 0.4) is 0 Å². The lowest BCUT2D eigenvalue weighted by atomic mass is 9.99. The van der Waals surface area contributed by atoms with Crippen LogP contribution in [0, 0.1) is 19.8 Å². The van der Waals surface area contributed by atoms with E-state index in [2.05, 4.69) is 4.72 Å². The summed E-state index contributed by atoms with van der Waals surface area (Å²) in [6.07, 6.45) is 4.48. The number of rotatable bonds is 5. The van der Waals surface area contributed by atoms with E-state index < -0.39 is 10.0 Å². The Morgan fingerprint density at radius 1 is 1.25 bits per heavy atom. The van der Waals surface area contributed by atoms with E-state index in [1.807, 2.05) is 19.9 Å². The second kappa shape index (κ2) is 6.24. The molecule has 1 unspecified atom stereocenters. The van der Waals surface area contributed by atoms with Crippen molar-refractivity contribution >= 4 is 10.0 Å². The predicted molar refractivity (Wildman–Crippen MR) is 81.0 cm³/mol. The zero-order valence-corrected chi connectivity index (χ0v) is 13.0. The maximum atomic E-state index is 12.5. The summed E-state index contributed by atoms with van der Waals surface area (Å²) in [6, 6.07) is 5.08. The van der Waals surface area contributed by atoms with Crippen molar-refractivity contribution in [2.45, 2.75) is 50.5 Å². The first-order valence-electron chi connectivity index (χ1n) is 7.23. The van der Waals surface area contributed by atoms with Crippen LogP contribution in [0.2, 0.25) is 0 Å². The fraction of sp³-hybridized carbons (Fsp3) is 0.600. The van der Waals surface area contributed by atoms with Crippen LogP contribution < -0.4 is 10.5 Å². The van der Waals surface area contributed by atoms with E-state index in [4.69, 9.17) is 5.73 Å². The molecule has 1 aliphatic carbocycles. The van der Waals surface area contributed by atoms with Gasteiger partial charge in [0, 0.05) is 12.6 Å². The molecule has 0 heterocycles. The molecule has 0 aromatic heterocycles. The SMILES string of the molecule is Cc1ccc(S(=O)(=O)NC(CN)C2CCCC2)cc1C. The first kappa shape index (κ1) is 15.5. The fourth-order valence-electron chi connectivity index (χ4n) is 2.84. The second-order valence-corrected chi connectivity index (χ2v) is 7.47. The van der Waals surface area contributed by atoms with Gasteiger partial charge in [-0.2, -0.15) is 0 Å². The average Bonchev–Trinajstić information content (AvgIpc) is 2.93. The lowest BCUT2D eigenvalue weighted by Gasteiger charge is -2.23. The summed E-state index contributed by atoms with van der Waals surface area (Å²) in [4.78, 5) is 0.331. The lowest BCUT2D eigenvalue weighted by molar-refractivity contribution is 0.405. The Labute approximate surface area is 121 Å². The van der Waals surface area contributed by atoms with E-state index in [9.17, 15) is 8.42 Å². The Bertz CT molecular complexity index is 563. The predicted octanol–water partition coefficient (Wildman–Crippen LogP) is 2.10. The molecule has 1 aliphatic rings. The van der Waals surface area contributed by atoms with Gasteiger partial charge in [0.2, 0.25) is 10.0 Å². The van der Waals surface area contributed by atoms with Crippen molar-refractivity contribution in [3.05, 3.63) is 29.3 Å². The first-order chi connectivity index (χ1) is 9.44. The van der Waals surface area contributed by atoms with Gasteiger partial charge in [-0.15, -0.1) is 0 Å². The quantitative estimate of drug-likeness (QED) is 0.874. The summed E-state index contributed by atoms with van der Waals surface area (Å²) in [6.45, 7) is 4.25. The molecule has 0 radical (unpaired) electrons. The molecule has 112 valence electrons. The van der Waals surface area contributed by atoms with Gasteiger partial charge in [-0.25, -0.2) is 13.1 Å². The van der Waals surface area contributed by atoms with Crippen molar-refractivity contribution < 1.29 is 8.42 Å². The van der Waals surface area contributed by atoms with Crippen LogP contribution in [0.5, 0.6) is 0 Å². The highest BCUT2D eigenvalue weighted by molar-refractivity contribution is 7.89. The molecule has 0 saturated heterocycles. The second-order valence-electron chi connectivity index (χ2n) is 5.75. The summed E-state index contributed by atoms with van der Waals surface area (Å²) < 4.78 is 27.7. The standard InChI is InChI=1S/C15H24N2O2S/c1-11-7-8-14(9-12(11)2)20(18,19)17-15(10-16)13-5-3-4-6-13/h7-9,13,15,17H,3-6,10,16H2,1-2H3. The topological polar surface area (TPSA) is 72.2 Å². The summed E-state index contributed by atoms with van der Waals surface area (Å²) >= 11 is 0. The van der Waals surface area contributed by atoms with Gasteiger partial charge in [0.1, 0.15) is 0 Å². The minimum Gasteiger partial charge on any atom is -0.329 e. The van der Waals surface area contributed by atoms with E-state index >= 15 is 0 Å². The molecule has 1 aromatic carbocycles. The van der Waals surface area contributed by atoms with Crippen LogP contribution in [-0.2, 0) is 10.0 Å². The molecular weight excluding hydrogens is 272 g/mol. The zero-order chi connectivity index (χ0) is 14.8. The van der Waals surface area contributed by atoms with Gasteiger partial charge in [-0.3, -0.25) is 0 Å². The van der Waals surface area contributed by atoms with Crippen LogP contribution in [0.25, 0.3) is 0 Å². The number of benzene rings is 1. The summed E-state index contributed by atoms with van der Waals surface area (Å²) in [5, 5.41) is 0. The molecule has 1 aromatic rings. The van der Waals surface area contributed by atoms with E-state index in [-0.39, 0.29) is 6.04 Å². The van der Waals surface area contributed by atoms with Gasteiger partial charge in [0.05, 0.1) is 4.90 Å². The Morgan fingerprint density at radius 3 is 2.45 bits per heavy atom. The van der Waals surface area contributed by atoms with Crippen molar-refractivity contribution in [1.29, 1.82) is 0 Å². The lowest BCUT2D eigenvalue weighted by Crippen LogP contribution is -2.44. The van der Waals surface area contributed by atoms with Gasteiger partial charge in [-0.05, 0) is 55.9 Å². The Kier molecular flexibility index (Phi) is 4.83. The summed E-state index contributed by atoms with van der Waals surface area (Å²) in [5.74, 6) is 0.376. The van der Waals surface area contributed by atoms with Gasteiger partial charge in [0.15, 0.2) is 0 Å². The third-order valence-corrected chi connectivity index (χ3v) is 5.81. The first-order valence-corrected chi connectivity index (χ1v) is 8.72. The van der Waals surface area contributed by atoms with E-state index in [1.54, 1.807) is 12.1 Å². The van der Waals surface area contributed by atoms with E-state index in [0.717, 1.165) is 24.0 Å². The molecule has 20 heavy (non-hydrogen) atoms. The number of nitrogens with one attached hydrogen (secondary N) is 1. The third-order valence-electron chi connectivity index (χ3n) is 4.32. The molecule has 1 atom stereocenters. The van der Waals surface area contributed by atoms with E-state index in [0.29, 0.717) is 17.4 Å². The number of aryl methyl sites for hydroxylation is 2. The van der Waals surface area contributed by atoms with Crippen LogP contribution in [0.1, 0.15) is 36.8 Å². The summed E-state index contributed by atoms with van der Waals surface area (Å²) in [7, 11) is -3.48. The molecule has 4 nitrogen and oxygen atoms in total. The number of sulfonamides is 1. The number of nitrogens with two attached hydrogens (primary N) is 1. The molecule has 1 saturated carbocycles. The molecule has 3 N–H and O–H groups in total. The van der Waals surface area contributed by atoms with Crippen LogP contribution in [-0.4, -0.2) is 21.0 Å². The van der Waals surface area contributed by atoms with Gasteiger partial charge in [0.25, 0.3) is 0 Å². The monoisotopic (exact) mass is 296 g/mol. The van der Waals surface area contributed by atoms with Crippen molar-refractivity contribution in [2.24, 2.45) is 11.7 Å². The van der Waals surface area contributed by atoms with Crippen molar-refractivity contribution in [1.82, 2.24) is 4.72 Å². The Balaban J connectivity index is 2.18. The smallest absolute Gasteiger partial charge is 0.240 e. The van der Waals surface area contributed by atoms with Gasteiger partial charge >= 0.3 is 0 Å². The highest BCUT2D eigenvalue weighted by atomic mass is 32.2. The van der Waals surface area contributed by atoms with Gasteiger partial charge < -0.3 is 5.73 Å². The minimum atomic E-state index is -3.48. The van der Waals surface area contributed by atoms with Crippen molar-refractivity contribution in [3.63, 3.8) is 0 Å². The maximum absolute atomic E-state index is 12.5. The molecule has 5 heteroatoms. The van der Waals surface area contributed by atoms with Crippen molar-refractivity contribution in [3.8, 4) is 0 Å². The highest BCUT2D eigenvalue weighted by Gasteiger charge is 2.28. The molecule has 1 fully saturated rings. The Hall–Kier alpha value is -0.910. The molecule has 0 bridgehead atoms. The van der Waals surface area contributed by atoms with Crippen molar-refractivity contribution in [2.75, 3.05) is 6.54 Å². The van der Waals surface area contributed by atoms with Crippen LogP contribution >= 0.6 is 0 Å². The van der Waals surface area contributed by atoms with Crippen LogP contribution in [0.4, 0.5) is 0 Å². The fourth-order valence-corrected chi connectivity index (χ4v) is 4.25. The molecule has 2 rings (SSSR count). The molecule has 0 spiro atoms. The third kappa shape index (κ3) is 3.40. The molecule has 0 amide bonds. The maximum Gasteiger partial charge on any atom is 0.240 e. The highest BCUT2D eigenvalue weighted by Crippen LogP contribution is 2.28. The van der Waals surface area contributed by atoms with Crippen LogP contribution in [0.15, 0.2) is 23.1 Å². The largest absolute Gasteiger partial charge is 0.329 e. The van der Waals surface area contributed by atoms with Gasteiger partial charge in [-0.1, -0.05) is 18.9 Å². The normalized spacial score (nSPS) is 18.4. The van der Waals surface area contributed by atoms with E-state index in [1.165, 1.54) is 12.8 Å². The molecule has 0 aliphatic heterocycles. The number of hydrogen-bond donors (Lipinski definition) is 2. The molecular formula is C15H24N2O2S. The zero-order valence-electron chi connectivity index (χ0n) is 12.2. The minimum absolute atomic E-state index is 0.149.